The number of thioether (sulfide) groups is 1. The molecule has 2 fully saturated rings. The largest absolute Gasteiger partial charge is 1.00 e. The summed E-state index contributed by atoms with van der Waals surface area (Å²) >= 11 is 2.16. The normalized spacial score (nSPS) is 21.0. The Bertz CT molecular complexity index is 1840. The molecule has 3 aliphatic heterocycles. The van der Waals surface area contributed by atoms with Crippen molar-refractivity contribution >= 4 is 58.0 Å². The second-order valence-corrected chi connectivity index (χ2v) is 16.3. The number of hydrogen-bond donors (Lipinski definition) is 2. The molecule has 5 rings (SSSR count). The first-order chi connectivity index (χ1) is 25.4. The van der Waals surface area contributed by atoms with Gasteiger partial charge in [-0.2, -0.15) is 18.8 Å². The number of esters is 1. The molecule has 55 heavy (non-hydrogen) atoms. The van der Waals surface area contributed by atoms with E-state index in [1.54, 1.807) is 72.1 Å². The summed E-state index contributed by atoms with van der Waals surface area (Å²) in [6, 6.07) is 6.03. The molecule has 2 N–H and O–H groups in total. The Hall–Kier alpha value is -3.83. The van der Waals surface area contributed by atoms with Crippen LogP contribution < -0.4 is 39.3 Å². The molecular weight excluding hydrogens is 869 g/mol. The van der Waals surface area contributed by atoms with E-state index in [4.69, 9.17) is 28.6 Å². The average Bonchev–Trinajstić information content (AvgIpc) is 3.72. The highest BCUT2D eigenvalue weighted by Gasteiger charge is 2.54. The molecule has 0 spiro atoms. The molecule has 1 unspecified atom stereocenters. The molecule has 0 radical (unpaired) electrons. The quantitative estimate of drug-likeness (QED) is 0.0546. The summed E-state index contributed by atoms with van der Waals surface area (Å²) in [7, 11) is 6.90. The van der Waals surface area contributed by atoms with E-state index in [1.807, 2.05) is 20.2 Å². The number of benzene rings is 1. The topological polar surface area (TPSA) is 189 Å². The van der Waals surface area contributed by atoms with Crippen LogP contribution in [0.3, 0.4) is 0 Å². The van der Waals surface area contributed by atoms with E-state index in [2.05, 4.69) is 25.1 Å². The number of aromatic nitrogens is 2. The van der Waals surface area contributed by atoms with E-state index in [9.17, 15) is 19.2 Å². The van der Waals surface area contributed by atoms with Crippen molar-refractivity contribution in [3.05, 3.63) is 59.1 Å². The molecule has 17 nitrogen and oxygen atoms in total. The summed E-state index contributed by atoms with van der Waals surface area (Å²) in [5, 5.41) is 8.57. The highest BCUT2D eigenvalue weighted by molar-refractivity contribution is 8.00. The number of nitrogens with zero attached hydrogens (tertiary/aromatic N) is 5. The van der Waals surface area contributed by atoms with Crippen LogP contribution in [0.4, 0.5) is 9.93 Å². The number of fused-ring (bicyclic) bond motifs is 1. The fourth-order valence-electron chi connectivity index (χ4n) is 5.31. The van der Waals surface area contributed by atoms with Crippen molar-refractivity contribution in [3.63, 3.8) is 0 Å². The Morgan fingerprint density at radius 2 is 1.84 bits per heavy atom. The predicted molar refractivity (Wildman–Crippen MR) is 199 cm³/mol. The van der Waals surface area contributed by atoms with Crippen LogP contribution in [0.2, 0.25) is 0 Å². The zero-order chi connectivity index (χ0) is 39.4. The number of amides is 3. The maximum absolute atomic E-state index is 13.9. The number of hydroxylamine groups is 3. The summed E-state index contributed by atoms with van der Waals surface area (Å²) < 4.78 is 26.1. The number of β-lactam (4-membered cyclic amide) rings is 1. The molecule has 20 heteroatoms. The van der Waals surface area contributed by atoms with Crippen LogP contribution in [-0.2, 0) is 44.9 Å². The van der Waals surface area contributed by atoms with Gasteiger partial charge in [0.15, 0.2) is 0 Å². The molecule has 300 valence electrons. The van der Waals surface area contributed by atoms with Gasteiger partial charge in [0.05, 0.1) is 21.2 Å². The Morgan fingerprint density at radius 1 is 1.13 bits per heavy atom. The summed E-state index contributed by atoms with van der Waals surface area (Å²) in [5.41, 5.74) is 0.267. The Balaban J connectivity index is 0.00000673. The lowest BCUT2D eigenvalue weighted by molar-refractivity contribution is -1.06. The van der Waals surface area contributed by atoms with Gasteiger partial charge in [-0.05, 0) is 50.1 Å². The molecule has 3 amide bonds. The summed E-state index contributed by atoms with van der Waals surface area (Å²) in [6.45, 7) is 9.08. The molecular formula is C35H46IN7O10S2. The minimum absolute atomic E-state index is 0. The lowest BCUT2D eigenvalue weighted by Crippen LogP contribution is -3.00. The van der Waals surface area contributed by atoms with Crippen LogP contribution in [0.1, 0.15) is 52.4 Å². The van der Waals surface area contributed by atoms with E-state index in [1.165, 1.54) is 23.8 Å². The second-order valence-electron chi connectivity index (χ2n) is 14.4. The molecule has 3 aliphatic rings. The minimum atomic E-state index is -1.24. The van der Waals surface area contributed by atoms with Crippen LogP contribution in [0, 0.1) is 0 Å². The minimum Gasteiger partial charge on any atom is -1.00 e. The second kappa shape index (κ2) is 18.0. The first kappa shape index (κ1) is 43.9. The monoisotopic (exact) mass is 915 g/mol. The summed E-state index contributed by atoms with van der Waals surface area (Å²) in [5.74, 6) is -2.47. The Labute approximate surface area is 344 Å². The SMILES string of the molecule is COc1ccc(COC(=O)C2=C(/C=C/C3CC[N+](C)(C)O3)CS[C@@H]3[C@H](NC(=O)/C(=N\OC(C)(C)OC)c4nsc(NC(=O)OC(C)(C)C)n4)C(=O)N23)cc1.[I-]. The van der Waals surface area contributed by atoms with Crippen LogP contribution >= 0.6 is 23.3 Å². The van der Waals surface area contributed by atoms with Gasteiger partial charge in [-0.3, -0.25) is 19.8 Å². The standard InChI is InChI=1S/C35H45N7O10S2.HI/c1-34(2,3)50-33(46)38-32-37-27(40-54-32)24(39-52-35(4,5)48-9)28(43)36-25-29(44)41-26(31(45)49-18-20-10-13-22(47-8)14-11-20)21(19-53-30(25)41)12-15-23-16-17-42(6,7)51-23;/h10-15,23,25,30H,16-19H2,1-9H3,(H-,36,37,38,40,43,46);1H/b15-12+,39-24-;/t23?,25-,30-;/m1./s1. The fraction of sp³-hybridized carbons (Fsp3) is 0.514. The highest BCUT2D eigenvalue weighted by atomic mass is 127. The van der Waals surface area contributed by atoms with E-state index in [-0.39, 0.29) is 59.1 Å². The van der Waals surface area contributed by atoms with E-state index in [0.717, 1.165) is 30.1 Å². The molecule has 0 aliphatic carbocycles. The highest BCUT2D eigenvalue weighted by Crippen LogP contribution is 2.41. The maximum Gasteiger partial charge on any atom is 0.414 e. The lowest BCUT2D eigenvalue weighted by Gasteiger charge is -2.49. The van der Waals surface area contributed by atoms with Gasteiger partial charge in [-0.15, -0.1) is 11.8 Å². The molecule has 0 bridgehead atoms. The first-order valence-electron chi connectivity index (χ1n) is 17.0. The molecule has 3 atom stereocenters. The first-order valence-corrected chi connectivity index (χ1v) is 18.8. The number of ether oxygens (including phenoxy) is 4. The number of allylic oxidation sites excluding steroid dienone is 1. The number of hydrogen-bond acceptors (Lipinski definition) is 15. The van der Waals surface area contributed by atoms with Gasteiger partial charge in [-0.1, -0.05) is 23.4 Å². The van der Waals surface area contributed by atoms with E-state index >= 15 is 0 Å². The molecule has 1 aromatic heterocycles. The summed E-state index contributed by atoms with van der Waals surface area (Å²) in [6.07, 6.45) is 3.55. The van der Waals surface area contributed by atoms with Crippen molar-refractivity contribution in [2.75, 3.05) is 45.9 Å². The van der Waals surface area contributed by atoms with Crippen LogP contribution in [0.5, 0.6) is 5.75 Å². The van der Waals surface area contributed by atoms with Crippen LogP contribution in [-0.4, -0.2) is 118 Å². The van der Waals surface area contributed by atoms with Gasteiger partial charge in [0.1, 0.15) is 47.7 Å². The molecule has 2 saturated heterocycles. The maximum atomic E-state index is 13.9. The number of carbonyl (C=O) groups is 4. The van der Waals surface area contributed by atoms with Gasteiger partial charge in [0.2, 0.25) is 22.5 Å². The molecule has 1 aromatic carbocycles. The van der Waals surface area contributed by atoms with Gasteiger partial charge in [0, 0.05) is 44.7 Å². The number of methoxy groups -OCH3 is 2. The lowest BCUT2D eigenvalue weighted by atomic mass is 10.0. The van der Waals surface area contributed by atoms with Crippen LogP contribution in [0.25, 0.3) is 0 Å². The van der Waals surface area contributed by atoms with Gasteiger partial charge in [-0.25, -0.2) is 9.59 Å². The zero-order valence-corrected chi connectivity index (χ0v) is 35.8. The number of nitrogens with one attached hydrogen (secondary N) is 2. The number of quaternary nitrogens is 1. The Kier molecular flexibility index (Phi) is 14.3. The molecule has 4 heterocycles. The third kappa shape index (κ3) is 11.4. The van der Waals surface area contributed by atoms with Crippen molar-refractivity contribution in [1.82, 2.24) is 19.6 Å². The smallest absolute Gasteiger partial charge is 0.414 e. The zero-order valence-electron chi connectivity index (χ0n) is 32.0. The third-order valence-corrected chi connectivity index (χ3v) is 10.1. The van der Waals surface area contributed by atoms with Gasteiger partial charge >= 0.3 is 12.1 Å². The van der Waals surface area contributed by atoms with Crippen molar-refractivity contribution in [2.24, 2.45) is 5.16 Å². The molecule has 2 aromatic rings. The van der Waals surface area contributed by atoms with Crippen molar-refractivity contribution in [3.8, 4) is 5.75 Å². The van der Waals surface area contributed by atoms with Gasteiger partial charge < -0.3 is 53.1 Å². The number of rotatable bonds is 13. The van der Waals surface area contributed by atoms with E-state index in [0.29, 0.717) is 21.7 Å². The third-order valence-electron chi connectivity index (χ3n) is 8.20. The predicted octanol–water partition coefficient (Wildman–Crippen LogP) is 0.735. The van der Waals surface area contributed by atoms with E-state index < -0.39 is 46.7 Å². The van der Waals surface area contributed by atoms with Crippen molar-refractivity contribution in [1.29, 1.82) is 0 Å². The van der Waals surface area contributed by atoms with Crippen molar-refractivity contribution in [2.45, 2.75) is 76.6 Å². The van der Waals surface area contributed by atoms with Gasteiger partial charge in [0.25, 0.3) is 11.8 Å². The van der Waals surface area contributed by atoms with Crippen molar-refractivity contribution < 1.29 is 76.4 Å². The summed E-state index contributed by atoms with van der Waals surface area (Å²) in [4.78, 5) is 70.9. The Morgan fingerprint density at radius 3 is 2.45 bits per heavy atom. The number of carbonyl (C=O) groups excluding carboxylic acids is 4. The number of halogens is 1. The molecule has 0 saturated carbocycles. The van der Waals surface area contributed by atoms with Crippen LogP contribution in [0.15, 0.2) is 52.8 Å². The number of oxime groups is 1. The fourth-order valence-corrected chi connectivity index (χ4v) is 7.19. The average molecular weight is 916 g/mol. The number of anilines is 1.